The second kappa shape index (κ2) is 7.25. The lowest BCUT2D eigenvalue weighted by molar-refractivity contribution is 0.205. The molecule has 1 aliphatic heterocycles. The highest BCUT2D eigenvalue weighted by Crippen LogP contribution is 2.28. The molecule has 4 rings (SSSR count). The number of aryl methyl sites for hydroxylation is 2. The first-order chi connectivity index (χ1) is 13.1. The fraction of sp³-hybridized carbons (Fsp3) is 0.421. The molecular weight excluding hydrogens is 364 g/mol. The minimum atomic E-state index is -3.56. The third kappa shape index (κ3) is 3.53. The normalized spacial score (nSPS) is 20.0. The van der Waals surface area contributed by atoms with Crippen molar-refractivity contribution in [1.82, 2.24) is 14.3 Å². The van der Waals surface area contributed by atoms with Gasteiger partial charge in [0.15, 0.2) is 0 Å². The van der Waals surface area contributed by atoms with Crippen LogP contribution < -0.4 is 4.74 Å². The summed E-state index contributed by atoms with van der Waals surface area (Å²) >= 11 is 0. The van der Waals surface area contributed by atoms with Gasteiger partial charge in [0.2, 0.25) is 15.7 Å². The summed E-state index contributed by atoms with van der Waals surface area (Å²) in [5.41, 5.74) is 2.51. The summed E-state index contributed by atoms with van der Waals surface area (Å²) in [5, 5.41) is 9.08. The van der Waals surface area contributed by atoms with Gasteiger partial charge in [-0.05, 0) is 55.4 Å². The molecule has 0 bridgehead atoms. The summed E-state index contributed by atoms with van der Waals surface area (Å²) in [6.45, 7) is 0.618. The smallest absolute Gasteiger partial charge is 0.251 e. The van der Waals surface area contributed by atoms with E-state index < -0.39 is 10.0 Å². The molecular formula is C19H20N4O3S. The molecule has 0 spiro atoms. The van der Waals surface area contributed by atoms with Crippen molar-refractivity contribution in [2.75, 3.05) is 13.1 Å². The van der Waals surface area contributed by atoms with Crippen LogP contribution in [0.15, 0.2) is 35.5 Å². The number of rotatable bonds is 4. The molecule has 2 heterocycles. The Bertz CT molecular complexity index is 1000. The molecule has 0 amide bonds. The molecule has 7 nitrogen and oxygen atoms in total. The molecule has 140 valence electrons. The molecule has 0 saturated carbocycles. The lowest BCUT2D eigenvalue weighted by atomic mass is 9.92. The van der Waals surface area contributed by atoms with Crippen LogP contribution in [-0.2, 0) is 22.9 Å². The predicted octanol–water partition coefficient (Wildman–Crippen LogP) is 2.07. The van der Waals surface area contributed by atoms with Gasteiger partial charge in [-0.2, -0.15) is 9.57 Å². The largest absolute Gasteiger partial charge is 0.471 e. The van der Waals surface area contributed by atoms with E-state index in [0.29, 0.717) is 17.9 Å². The Morgan fingerprint density at radius 3 is 2.74 bits per heavy atom. The monoisotopic (exact) mass is 384 g/mol. The van der Waals surface area contributed by atoms with Gasteiger partial charge in [0.25, 0.3) is 5.88 Å². The van der Waals surface area contributed by atoms with Gasteiger partial charge in [0, 0.05) is 18.9 Å². The highest BCUT2D eigenvalue weighted by atomic mass is 32.2. The first-order valence-electron chi connectivity index (χ1n) is 9.07. The number of nitrogens with zero attached hydrogens (tertiary/aromatic N) is 4. The van der Waals surface area contributed by atoms with Crippen molar-refractivity contribution in [3.63, 3.8) is 0 Å². The van der Waals surface area contributed by atoms with Crippen molar-refractivity contribution in [2.24, 2.45) is 0 Å². The van der Waals surface area contributed by atoms with Crippen LogP contribution in [0, 0.1) is 11.3 Å². The maximum atomic E-state index is 13.0. The molecule has 8 heteroatoms. The molecule has 0 radical (unpaired) electrons. The minimum absolute atomic E-state index is 0.105. The van der Waals surface area contributed by atoms with E-state index in [2.05, 4.69) is 9.97 Å². The van der Waals surface area contributed by atoms with Gasteiger partial charge in [-0.15, -0.1) is 0 Å². The minimum Gasteiger partial charge on any atom is -0.471 e. The average molecular weight is 384 g/mol. The molecule has 1 saturated heterocycles. The van der Waals surface area contributed by atoms with Crippen molar-refractivity contribution in [3.8, 4) is 11.9 Å². The highest BCUT2D eigenvalue weighted by Gasteiger charge is 2.34. The zero-order valence-corrected chi connectivity index (χ0v) is 15.7. The number of hydrogen-bond donors (Lipinski definition) is 0. The van der Waals surface area contributed by atoms with Crippen molar-refractivity contribution in [2.45, 2.75) is 43.1 Å². The Kier molecular flexibility index (Phi) is 4.81. The molecule has 1 aromatic carbocycles. The van der Waals surface area contributed by atoms with Crippen LogP contribution >= 0.6 is 0 Å². The summed E-state index contributed by atoms with van der Waals surface area (Å²) in [4.78, 5) is 8.29. The fourth-order valence-corrected chi connectivity index (χ4v) is 5.22. The van der Waals surface area contributed by atoms with E-state index in [1.54, 1.807) is 6.07 Å². The molecule has 1 fully saturated rings. The van der Waals surface area contributed by atoms with E-state index in [1.807, 2.05) is 18.2 Å². The van der Waals surface area contributed by atoms with Gasteiger partial charge < -0.3 is 4.74 Å². The molecule has 0 N–H and O–H groups in total. The molecule has 1 aliphatic carbocycles. The van der Waals surface area contributed by atoms with E-state index in [-0.39, 0.29) is 24.2 Å². The van der Waals surface area contributed by atoms with Crippen LogP contribution in [0.2, 0.25) is 0 Å². The van der Waals surface area contributed by atoms with Gasteiger partial charge in [-0.3, -0.25) is 0 Å². The summed E-state index contributed by atoms with van der Waals surface area (Å²) in [5.74, 6) is 0.151. The number of fused-ring (bicyclic) bond motifs is 1. The lowest BCUT2D eigenvalue weighted by Gasteiger charge is -2.20. The molecule has 2 aliphatic rings. The SMILES string of the molecule is N#Cc1nccnc1OC1CCN(S(=O)(=O)c2ccc3c(c2)CCCC3)C1. The Balaban J connectivity index is 1.50. The number of aromatic nitrogens is 2. The number of benzene rings is 1. The fourth-order valence-electron chi connectivity index (χ4n) is 3.68. The van der Waals surface area contributed by atoms with Crippen LogP contribution in [0.5, 0.6) is 5.88 Å². The second-order valence-electron chi connectivity index (χ2n) is 6.85. The average Bonchev–Trinajstić information content (AvgIpc) is 3.17. The second-order valence-corrected chi connectivity index (χ2v) is 8.79. The summed E-state index contributed by atoms with van der Waals surface area (Å²) in [6, 6.07) is 7.42. The Hall–Kier alpha value is -2.50. The van der Waals surface area contributed by atoms with Crippen molar-refractivity contribution < 1.29 is 13.2 Å². The molecule has 1 atom stereocenters. The Morgan fingerprint density at radius 1 is 1.15 bits per heavy atom. The van der Waals surface area contributed by atoms with Gasteiger partial charge in [0.1, 0.15) is 12.2 Å². The lowest BCUT2D eigenvalue weighted by Crippen LogP contribution is -2.31. The van der Waals surface area contributed by atoms with Crippen molar-refractivity contribution >= 4 is 10.0 Å². The van der Waals surface area contributed by atoms with Gasteiger partial charge in [0.05, 0.1) is 11.4 Å². The van der Waals surface area contributed by atoms with E-state index >= 15 is 0 Å². The van der Waals surface area contributed by atoms with E-state index in [0.717, 1.165) is 31.2 Å². The molecule has 1 unspecified atom stereocenters. The molecule has 1 aromatic heterocycles. The van der Waals surface area contributed by atoms with Crippen LogP contribution in [0.4, 0.5) is 0 Å². The van der Waals surface area contributed by atoms with Crippen LogP contribution in [0.25, 0.3) is 0 Å². The van der Waals surface area contributed by atoms with Gasteiger partial charge >= 0.3 is 0 Å². The van der Waals surface area contributed by atoms with Crippen molar-refractivity contribution in [1.29, 1.82) is 5.26 Å². The zero-order chi connectivity index (χ0) is 18.9. The quantitative estimate of drug-likeness (QED) is 0.801. The first kappa shape index (κ1) is 17.9. The third-order valence-corrected chi connectivity index (χ3v) is 6.98. The van der Waals surface area contributed by atoms with Crippen LogP contribution in [0.1, 0.15) is 36.1 Å². The zero-order valence-electron chi connectivity index (χ0n) is 14.8. The van der Waals surface area contributed by atoms with E-state index in [4.69, 9.17) is 10.00 Å². The van der Waals surface area contributed by atoms with Gasteiger partial charge in [-0.25, -0.2) is 18.4 Å². The molecule has 27 heavy (non-hydrogen) atoms. The summed E-state index contributed by atoms with van der Waals surface area (Å²) < 4.78 is 33.3. The first-order valence-corrected chi connectivity index (χ1v) is 10.5. The molecule has 2 aromatic rings. The highest BCUT2D eigenvalue weighted by molar-refractivity contribution is 7.89. The summed E-state index contributed by atoms with van der Waals surface area (Å²) in [7, 11) is -3.56. The maximum absolute atomic E-state index is 13.0. The topological polar surface area (TPSA) is 96.2 Å². The Morgan fingerprint density at radius 2 is 1.93 bits per heavy atom. The predicted molar refractivity (Wildman–Crippen MR) is 97.6 cm³/mol. The summed E-state index contributed by atoms with van der Waals surface area (Å²) in [6.07, 6.45) is 7.31. The number of ether oxygens (including phenoxy) is 1. The van der Waals surface area contributed by atoms with Gasteiger partial charge in [-0.1, -0.05) is 6.07 Å². The number of nitriles is 1. The maximum Gasteiger partial charge on any atom is 0.251 e. The van der Waals surface area contributed by atoms with E-state index in [1.165, 1.54) is 22.3 Å². The van der Waals surface area contributed by atoms with Crippen molar-refractivity contribution in [3.05, 3.63) is 47.4 Å². The standard InChI is InChI=1S/C19H20N4O3S/c20-12-18-19(22-9-8-21-18)26-16-7-10-23(13-16)27(24,25)17-6-5-14-3-1-2-4-15(14)11-17/h5-6,8-9,11,16H,1-4,7,10,13H2. The third-order valence-electron chi connectivity index (χ3n) is 5.11. The van der Waals surface area contributed by atoms with Crippen LogP contribution in [0.3, 0.4) is 0 Å². The Labute approximate surface area is 158 Å². The number of sulfonamides is 1. The number of hydrogen-bond acceptors (Lipinski definition) is 6. The van der Waals surface area contributed by atoms with Crippen LogP contribution in [-0.4, -0.2) is 41.9 Å². The van der Waals surface area contributed by atoms with E-state index in [9.17, 15) is 8.42 Å².